The van der Waals surface area contributed by atoms with Crippen molar-refractivity contribution in [3.8, 4) is 34.1 Å². The lowest BCUT2D eigenvalue weighted by Gasteiger charge is -2.08. The van der Waals surface area contributed by atoms with Gasteiger partial charge < -0.3 is 20.3 Å². The van der Waals surface area contributed by atoms with Gasteiger partial charge in [0.15, 0.2) is 0 Å². The first-order valence-corrected chi connectivity index (χ1v) is 10.4. The van der Waals surface area contributed by atoms with Crippen LogP contribution in [-0.4, -0.2) is 37.6 Å². The molecule has 0 radical (unpaired) electrons. The van der Waals surface area contributed by atoms with E-state index in [1.807, 2.05) is 24.3 Å². The highest BCUT2D eigenvalue weighted by Crippen LogP contribution is 2.26. The Balaban J connectivity index is 1.25. The maximum atomic E-state index is 12.6. The van der Waals surface area contributed by atoms with Crippen LogP contribution in [0.25, 0.3) is 22.6 Å². The molecule has 5 rings (SSSR count). The summed E-state index contributed by atoms with van der Waals surface area (Å²) in [6.45, 7) is 0. The third-order valence-corrected chi connectivity index (χ3v) is 4.96. The van der Waals surface area contributed by atoms with Crippen LogP contribution in [0.2, 0.25) is 0 Å². The van der Waals surface area contributed by atoms with Gasteiger partial charge in [0.1, 0.15) is 17.2 Å². The van der Waals surface area contributed by atoms with Crippen LogP contribution in [0, 0.1) is 0 Å². The Labute approximate surface area is 197 Å². The minimum Gasteiger partial charge on any atom is -0.457 e. The number of anilines is 1. The Bertz CT molecular complexity index is 1490. The molecule has 0 saturated heterocycles. The van der Waals surface area contributed by atoms with Gasteiger partial charge in [-0.2, -0.15) is 5.21 Å². The molecule has 0 saturated carbocycles. The Morgan fingerprint density at radius 2 is 1.71 bits per heavy atom. The molecule has 35 heavy (non-hydrogen) atoms. The van der Waals surface area contributed by atoms with Crippen LogP contribution in [0.1, 0.15) is 20.9 Å². The third kappa shape index (κ3) is 4.88. The van der Waals surface area contributed by atoms with Gasteiger partial charge >= 0.3 is 0 Å². The molecule has 3 aromatic carbocycles. The zero-order valence-electron chi connectivity index (χ0n) is 18.0. The molecule has 2 aromatic heterocycles. The van der Waals surface area contributed by atoms with Gasteiger partial charge in [0, 0.05) is 28.4 Å². The second-order valence-electron chi connectivity index (χ2n) is 7.37. The van der Waals surface area contributed by atoms with Gasteiger partial charge in [0.05, 0.1) is 0 Å². The molecule has 0 aliphatic rings. The topological polar surface area (TPSA) is 162 Å². The molecule has 0 aliphatic heterocycles. The van der Waals surface area contributed by atoms with E-state index >= 15 is 0 Å². The third-order valence-electron chi connectivity index (χ3n) is 4.96. The lowest BCUT2D eigenvalue weighted by Crippen LogP contribution is -2.10. The van der Waals surface area contributed by atoms with Crippen molar-refractivity contribution in [2.45, 2.75) is 0 Å². The lowest BCUT2D eigenvalue weighted by molar-refractivity contribution is 0.0984. The highest BCUT2D eigenvalue weighted by molar-refractivity contribution is 6.02. The summed E-state index contributed by atoms with van der Waals surface area (Å²) >= 11 is 0. The van der Waals surface area contributed by atoms with E-state index < -0.39 is 11.8 Å². The average Bonchev–Trinajstić information content (AvgIpc) is 3.59. The van der Waals surface area contributed by atoms with E-state index in [2.05, 4.69) is 31.1 Å². The number of nitrogens with zero attached hydrogens (tertiary/aromatic N) is 4. The summed E-state index contributed by atoms with van der Waals surface area (Å²) in [7, 11) is 0. The zero-order valence-corrected chi connectivity index (χ0v) is 18.0. The van der Waals surface area contributed by atoms with E-state index in [0.717, 1.165) is 11.1 Å². The van der Waals surface area contributed by atoms with Gasteiger partial charge in [-0.05, 0) is 53.7 Å². The van der Waals surface area contributed by atoms with Crippen LogP contribution < -0.4 is 15.8 Å². The van der Waals surface area contributed by atoms with Gasteiger partial charge in [-0.25, -0.2) is 0 Å². The molecule has 0 fully saturated rings. The van der Waals surface area contributed by atoms with Gasteiger partial charge in [-0.3, -0.25) is 9.59 Å². The van der Waals surface area contributed by atoms with Crippen LogP contribution in [-0.2, 0) is 0 Å². The number of benzene rings is 3. The van der Waals surface area contributed by atoms with E-state index in [9.17, 15) is 9.59 Å². The molecule has 2 amide bonds. The predicted molar refractivity (Wildman–Crippen MR) is 125 cm³/mol. The fraction of sp³-hybridized carbons (Fsp3) is 0. The highest BCUT2D eigenvalue weighted by atomic mass is 16.5. The number of amides is 2. The number of tetrazole rings is 1. The summed E-state index contributed by atoms with van der Waals surface area (Å²) in [5, 5.41) is 20.6. The molecule has 0 atom stereocenters. The van der Waals surface area contributed by atoms with Crippen molar-refractivity contribution in [2.75, 3.05) is 5.32 Å². The average molecular weight is 467 g/mol. The van der Waals surface area contributed by atoms with Crippen molar-refractivity contribution in [1.29, 1.82) is 0 Å². The number of H-pyrrole nitrogens is 1. The fourth-order valence-corrected chi connectivity index (χ4v) is 3.27. The first-order valence-electron chi connectivity index (χ1n) is 10.4. The largest absolute Gasteiger partial charge is 0.457 e. The van der Waals surface area contributed by atoms with Crippen LogP contribution in [0.5, 0.6) is 11.5 Å². The van der Waals surface area contributed by atoms with E-state index in [1.54, 1.807) is 54.6 Å². The van der Waals surface area contributed by atoms with E-state index in [0.29, 0.717) is 34.3 Å². The van der Waals surface area contributed by atoms with Crippen LogP contribution in [0.15, 0.2) is 83.4 Å². The number of rotatable bonds is 7. The summed E-state index contributed by atoms with van der Waals surface area (Å²) in [5.41, 5.74) is 8.14. The van der Waals surface area contributed by atoms with Gasteiger partial charge in [-0.15, -0.1) is 10.2 Å². The molecular formula is C24H17N7O4. The number of nitrogens with two attached hydrogens (primary N) is 1. The number of primary amides is 1. The molecule has 0 bridgehead atoms. The summed E-state index contributed by atoms with van der Waals surface area (Å²) in [4.78, 5) is 24.0. The molecular weight excluding hydrogens is 450 g/mol. The summed E-state index contributed by atoms with van der Waals surface area (Å²) in [6, 6.07) is 22.1. The summed E-state index contributed by atoms with van der Waals surface area (Å²) < 4.78 is 11.0. The highest BCUT2D eigenvalue weighted by Gasteiger charge is 2.15. The van der Waals surface area contributed by atoms with Gasteiger partial charge in [-0.1, -0.05) is 29.4 Å². The molecule has 0 unspecified atom stereocenters. The minimum atomic E-state index is -0.538. The summed E-state index contributed by atoms with van der Waals surface area (Å²) in [6.07, 6.45) is 0. The maximum absolute atomic E-state index is 12.6. The second kappa shape index (κ2) is 9.27. The number of nitrogens with one attached hydrogen (secondary N) is 2. The normalized spacial score (nSPS) is 10.6. The Morgan fingerprint density at radius 1 is 0.914 bits per heavy atom. The smallest absolute Gasteiger partial charge is 0.294 e. The molecule has 11 heteroatoms. The minimum absolute atomic E-state index is 0.0496. The number of aromatic amines is 1. The maximum Gasteiger partial charge on any atom is 0.294 e. The molecule has 5 aromatic rings. The van der Waals surface area contributed by atoms with Crippen molar-refractivity contribution >= 4 is 17.5 Å². The molecule has 0 spiro atoms. The monoisotopic (exact) mass is 467 g/mol. The van der Waals surface area contributed by atoms with Crippen molar-refractivity contribution in [1.82, 2.24) is 25.8 Å². The Morgan fingerprint density at radius 3 is 2.49 bits per heavy atom. The van der Waals surface area contributed by atoms with Gasteiger partial charge in [0.2, 0.25) is 17.5 Å². The fourth-order valence-electron chi connectivity index (χ4n) is 3.27. The van der Waals surface area contributed by atoms with Crippen molar-refractivity contribution < 1.29 is 18.8 Å². The standard InChI is InChI=1S/C24H17N7O4/c25-22(32)15-4-2-6-19(12-15)34-18-9-7-17(8-10-18)26-24(33)21-13-20(29-35-21)14-3-1-5-16(11-14)23-27-30-31-28-23/h1-13H,(H2,25,32)(H,26,33)(H,27,28,30,31). The molecule has 0 aliphatic carbocycles. The number of ether oxygens (including phenoxy) is 1. The molecule has 11 nitrogen and oxygen atoms in total. The lowest BCUT2D eigenvalue weighted by atomic mass is 10.1. The van der Waals surface area contributed by atoms with Crippen LogP contribution in [0.3, 0.4) is 0 Å². The number of aromatic nitrogens is 5. The van der Waals surface area contributed by atoms with E-state index in [-0.39, 0.29) is 5.76 Å². The van der Waals surface area contributed by atoms with Crippen molar-refractivity contribution in [3.05, 3.63) is 90.2 Å². The Hall–Kier alpha value is -5.32. The van der Waals surface area contributed by atoms with Crippen molar-refractivity contribution in [2.24, 2.45) is 5.73 Å². The quantitative estimate of drug-likeness (QED) is 0.326. The van der Waals surface area contributed by atoms with Gasteiger partial charge in [0.25, 0.3) is 5.91 Å². The molecule has 172 valence electrons. The second-order valence-corrected chi connectivity index (χ2v) is 7.37. The predicted octanol–water partition coefficient (Wildman–Crippen LogP) is 3.67. The van der Waals surface area contributed by atoms with Crippen LogP contribution in [0.4, 0.5) is 5.69 Å². The Kier molecular flexibility index (Phi) is 5.70. The number of hydrogen-bond donors (Lipinski definition) is 3. The van der Waals surface area contributed by atoms with Crippen molar-refractivity contribution in [3.63, 3.8) is 0 Å². The number of hydrogen-bond acceptors (Lipinski definition) is 8. The number of carbonyl (C=O) groups is 2. The number of carbonyl (C=O) groups excluding carboxylic acids is 2. The van der Waals surface area contributed by atoms with E-state index in [1.165, 1.54) is 0 Å². The first-order chi connectivity index (χ1) is 17.0. The first kappa shape index (κ1) is 21.5. The van der Waals surface area contributed by atoms with E-state index in [4.69, 9.17) is 15.0 Å². The zero-order chi connectivity index (χ0) is 24.2. The summed E-state index contributed by atoms with van der Waals surface area (Å²) in [5.74, 6) is 0.489. The SMILES string of the molecule is NC(=O)c1cccc(Oc2ccc(NC(=O)c3cc(-c4cccc(-c5nn[nH]n5)c4)no3)cc2)c1. The molecule has 4 N–H and O–H groups in total. The molecule has 2 heterocycles. The van der Waals surface area contributed by atoms with Crippen LogP contribution >= 0.6 is 0 Å².